The summed E-state index contributed by atoms with van der Waals surface area (Å²) in [6.07, 6.45) is -4.58. The molecule has 0 spiro atoms. The molecule has 0 aliphatic carbocycles. The van der Waals surface area contributed by atoms with Crippen molar-refractivity contribution in [1.29, 1.82) is 0 Å². The minimum atomic E-state index is -4.58. The van der Waals surface area contributed by atoms with Crippen molar-refractivity contribution < 1.29 is 22.8 Å². The molecule has 0 saturated heterocycles. The predicted octanol–water partition coefficient (Wildman–Crippen LogP) is 4.60. The van der Waals surface area contributed by atoms with E-state index in [0.717, 1.165) is 22.9 Å². The highest BCUT2D eigenvalue weighted by Crippen LogP contribution is 2.30. The van der Waals surface area contributed by atoms with Gasteiger partial charge < -0.3 is 10.6 Å². The zero-order chi connectivity index (χ0) is 25.2. The van der Waals surface area contributed by atoms with Gasteiger partial charge in [-0.25, -0.2) is 4.68 Å². The highest BCUT2D eigenvalue weighted by atomic mass is 35.5. The van der Waals surface area contributed by atoms with Crippen LogP contribution in [-0.4, -0.2) is 27.6 Å². The maximum atomic E-state index is 13.1. The first-order chi connectivity index (χ1) is 15.9. The van der Waals surface area contributed by atoms with E-state index in [0.29, 0.717) is 0 Å². The van der Waals surface area contributed by atoms with E-state index >= 15 is 0 Å². The van der Waals surface area contributed by atoms with Crippen molar-refractivity contribution in [2.75, 3.05) is 5.32 Å². The lowest BCUT2D eigenvalue weighted by Gasteiger charge is -2.15. The molecular formula is C23H20ClF3N4O3. The van der Waals surface area contributed by atoms with Crippen LogP contribution in [-0.2, 0) is 6.18 Å². The predicted molar refractivity (Wildman–Crippen MR) is 122 cm³/mol. The second kappa shape index (κ2) is 9.68. The molecule has 0 fully saturated rings. The minimum Gasteiger partial charge on any atom is -0.350 e. The SMILES string of the molecule is Cc1cc(=O)c(C(=O)Nc2cc(Cl)ccc2C(=O)NC(C)C)nn1-c1cccc(C(F)(F)F)c1. The zero-order valence-electron chi connectivity index (χ0n) is 18.3. The van der Waals surface area contributed by atoms with E-state index in [4.69, 9.17) is 11.6 Å². The molecule has 7 nitrogen and oxygen atoms in total. The molecule has 0 unspecified atom stereocenters. The van der Waals surface area contributed by atoms with Gasteiger partial charge in [-0.1, -0.05) is 17.7 Å². The van der Waals surface area contributed by atoms with E-state index in [1.165, 1.54) is 37.3 Å². The van der Waals surface area contributed by atoms with Crippen molar-refractivity contribution in [2.24, 2.45) is 0 Å². The molecule has 0 atom stereocenters. The summed E-state index contributed by atoms with van der Waals surface area (Å²) in [7, 11) is 0. The molecule has 0 bridgehead atoms. The summed E-state index contributed by atoms with van der Waals surface area (Å²) in [5, 5.41) is 9.38. The number of amides is 2. The number of halogens is 4. The van der Waals surface area contributed by atoms with Gasteiger partial charge in [0.2, 0.25) is 5.43 Å². The molecule has 2 amide bonds. The van der Waals surface area contributed by atoms with E-state index in [9.17, 15) is 27.6 Å². The number of alkyl halides is 3. The van der Waals surface area contributed by atoms with E-state index in [1.54, 1.807) is 13.8 Å². The third-order valence-electron chi connectivity index (χ3n) is 4.63. The Morgan fingerprint density at radius 3 is 2.41 bits per heavy atom. The summed E-state index contributed by atoms with van der Waals surface area (Å²) in [4.78, 5) is 37.9. The Balaban J connectivity index is 2.02. The number of hydrogen-bond acceptors (Lipinski definition) is 4. The van der Waals surface area contributed by atoms with Gasteiger partial charge in [-0.3, -0.25) is 14.4 Å². The second-order valence-corrected chi connectivity index (χ2v) is 8.17. The fourth-order valence-corrected chi connectivity index (χ4v) is 3.29. The first kappa shape index (κ1) is 25.0. The first-order valence-electron chi connectivity index (χ1n) is 10.1. The number of benzene rings is 2. The summed E-state index contributed by atoms with van der Waals surface area (Å²) in [5.74, 6) is -1.42. The summed E-state index contributed by atoms with van der Waals surface area (Å²) in [5.41, 5.74) is -1.83. The number of nitrogens with one attached hydrogen (secondary N) is 2. The maximum Gasteiger partial charge on any atom is 0.416 e. The van der Waals surface area contributed by atoms with Crippen LogP contribution in [0.1, 0.15) is 46.0 Å². The first-order valence-corrected chi connectivity index (χ1v) is 10.4. The molecule has 1 heterocycles. The van der Waals surface area contributed by atoms with Crippen molar-refractivity contribution in [1.82, 2.24) is 15.1 Å². The lowest BCUT2D eigenvalue weighted by molar-refractivity contribution is -0.137. The standard InChI is InChI=1S/C23H20ClF3N4O3/c1-12(2)28-21(33)17-8-7-15(24)11-18(17)29-22(34)20-19(32)9-13(3)31(30-20)16-6-4-5-14(10-16)23(25,26)27/h4-12H,1-3H3,(H,28,33)(H,29,34). The molecular weight excluding hydrogens is 473 g/mol. The van der Waals surface area contributed by atoms with Gasteiger partial charge in [-0.2, -0.15) is 18.3 Å². The van der Waals surface area contributed by atoms with Gasteiger partial charge >= 0.3 is 6.18 Å². The Morgan fingerprint density at radius 1 is 1.06 bits per heavy atom. The van der Waals surface area contributed by atoms with Gasteiger partial charge in [0.05, 0.1) is 22.5 Å². The Hall–Kier alpha value is -3.66. The average molecular weight is 493 g/mol. The monoisotopic (exact) mass is 492 g/mol. The fourth-order valence-electron chi connectivity index (χ4n) is 3.12. The lowest BCUT2D eigenvalue weighted by atomic mass is 10.1. The number of carbonyl (C=O) groups is 2. The second-order valence-electron chi connectivity index (χ2n) is 7.73. The number of aryl methyl sites for hydroxylation is 1. The molecule has 1 aromatic heterocycles. The fraction of sp³-hybridized carbons (Fsp3) is 0.217. The highest BCUT2D eigenvalue weighted by molar-refractivity contribution is 6.31. The highest BCUT2D eigenvalue weighted by Gasteiger charge is 2.30. The van der Waals surface area contributed by atoms with E-state index in [-0.39, 0.29) is 33.7 Å². The molecule has 2 aromatic carbocycles. The molecule has 2 N–H and O–H groups in total. The number of aromatic nitrogens is 2. The number of anilines is 1. The molecule has 0 radical (unpaired) electrons. The van der Waals surface area contributed by atoms with Crippen LogP contribution in [0.25, 0.3) is 5.69 Å². The minimum absolute atomic E-state index is 0.0149. The summed E-state index contributed by atoms with van der Waals surface area (Å²) < 4.78 is 40.4. The van der Waals surface area contributed by atoms with Gasteiger partial charge in [0.25, 0.3) is 11.8 Å². The number of carbonyl (C=O) groups excluding carboxylic acids is 2. The molecule has 178 valence electrons. The van der Waals surface area contributed by atoms with Crippen LogP contribution in [0.2, 0.25) is 5.02 Å². The quantitative estimate of drug-likeness (QED) is 0.544. The lowest BCUT2D eigenvalue weighted by Crippen LogP contribution is -2.32. The van der Waals surface area contributed by atoms with Crippen molar-refractivity contribution in [3.8, 4) is 5.69 Å². The molecule has 0 aliphatic heterocycles. The van der Waals surface area contributed by atoms with E-state index in [1.807, 2.05) is 0 Å². The van der Waals surface area contributed by atoms with Gasteiger partial charge in [0, 0.05) is 22.8 Å². The Kier molecular flexibility index (Phi) is 7.11. The Labute approximate surface area is 197 Å². The molecule has 11 heteroatoms. The summed E-state index contributed by atoms with van der Waals surface area (Å²) in [6.45, 7) is 5.00. The van der Waals surface area contributed by atoms with Crippen LogP contribution in [0.4, 0.5) is 18.9 Å². The van der Waals surface area contributed by atoms with E-state index < -0.39 is 34.7 Å². The molecule has 0 saturated carbocycles. The average Bonchev–Trinajstić information content (AvgIpc) is 2.72. The normalized spacial score (nSPS) is 11.4. The van der Waals surface area contributed by atoms with Crippen molar-refractivity contribution in [3.05, 3.63) is 86.3 Å². The third kappa shape index (κ3) is 5.63. The molecule has 0 aliphatic rings. The van der Waals surface area contributed by atoms with Crippen molar-refractivity contribution in [3.63, 3.8) is 0 Å². The van der Waals surface area contributed by atoms with Gasteiger partial charge in [0.1, 0.15) is 0 Å². The zero-order valence-corrected chi connectivity index (χ0v) is 19.1. The Morgan fingerprint density at radius 2 is 1.76 bits per heavy atom. The van der Waals surface area contributed by atoms with Crippen LogP contribution in [0.15, 0.2) is 53.3 Å². The van der Waals surface area contributed by atoms with Crippen LogP contribution in [0, 0.1) is 6.92 Å². The third-order valence-corrected chi connectivity index (χ3v) is 4.87. The van der Waals surface area contributed by atoms with Gasteiger partial charge in [-0.05, 0) is 57.2 Å². The number of rotatable bonds is 5. The van der Waals surface area contributed by atoms with E-state index in [2.05, 4.69) is 15.7 Å². The molecule has 34 heavy (non-hydrogen) atoms. The van der Waals surface area contributed by atoms with Crippen LogP contribution in [0.5, 0.6) is 0 Å². The number of hydrogen-bond donors (Lipinski definition) is 2. The topological polar surface area (TPSA) is 93.1 Å². The molecule has 3 aromatic rings. The van der Waals surface area contributed by atoms with Crippen LogP contribution in [0.3, 0.4) is 0 Å². The van der Waals surface area contributed by atoms with Crippen LogP contribution < -0.4 is 16.1 Å². The summed E-state index contributed by atoms with van der Waals surface area (Å²) in [6, 6.07) is 9.46. The molecule has 3 rings (SSSR count). The van der Waals surface area contributed by atoms with Crippen molar-refractivity contribution >= 4 is 29.1 Å². The smallest absolute Gasteiger partial charge is 0.350 e. The number of nitrogens with zero attached hydrogens (tertiary/aromatic N) is 2. The van der Waals surface area contributed by atoms with Crippen molar-refractivity contribution in [2.45, 2.75) is 33.0 Å². The Bertz CT molecular complexity index is 1320. The largest absolute Gasteiger partial charge is 0.416 e. The maximum absolute atomic E-state index is 13.1. The van der Waals surface area contributed by atoms with Crippen LogP contribution >= 0.6 is 11.6 Å². The summed E-state index contributed by atoms with van der Waals surface area (Å²) >= 11 is 6.01. The van der Waals surface area contributed by atoms with Gasteiger partial charge in [0.15, 0.2) is 5.69 Å². The van der Waals surface area contributed by atoms with Gasteiger partial charge in [-0.15, -0.1) is 0 Å².